The number of hydrogen-bond donors (Lipinski definition) is 1. The van der Waals surface area contributed by atoms with E-state index < -0.39 is 0 Å². The van der Waals surface area contributed by atoms with Gasteiger partial charge in [-0.1, -0.05) is 12.1 Å². The zero-order valence-corrected chi connectivity index (χ0v) is 9.02. The molecule has 1 aromatic rings. The van der Waals surface area contributed by atoms with Gasteiger partial charge in [0.1, 0.15) is 0 Å². The van der Waals surface area contributed by atoms with Crippen molar-refractivity contribution in [1.29, 1.82) is 0 Å². The Bertz CT molecular complexity index is 344. The van der Waals surface area contributed by atoms with E-state index in [0.717, 1.165) is 24.2 Å². The van der Waals surface area contributed by atoms with E-state index in [2.05, 4.69) is 17.0 Å². The summed E-state index contributed by atoms with van der Waals surface area (Å²) < 4.78 is 0. The van der Waals surface area contributed by atoms with Crippen molar-refractivity contribution in [1.82, 2.24) is 4.90 Å². The first-order chi connectivity index (χ1) is 7.33. The molecule has 1 saturated heterocycles. The van der Waals surface area contributed by atoms with E-state index in [1.165, 1.54) is 31.4 Å². The zero-order chi connectivity index (χ0) is 10.3. The summed E-state index contributed by atoms with van der Waals surface area (Å²) in [5, 5.41) is 0. The number of nitrogens with zero attached hydrogens (tertiary/aromatic N) is 1. The van der Waals surface area contributed by atoms with Crippen LogP contribution >= 0.6 is 0 Å². The van der Waals surface area contributed by atoms with Crippen molar-refractivity contribution in [3.8, 4) is 0 Å². The third-order valence-corrected chi connectivity index (χ3v) is 3.74. The molecule has 0 radical (unpaired) electrons. The van der Waals surface area contributed by atoms with Crippen LogP contribution in [0.4, 0.5) is 5.69 Å². The fraction of sp³-hybridized carbons (Fsp3) is 0.538. The first-order valence-electron chi connectivity index (χ1n) is 5.91. The minimum absolute atomic E-state index is 0.863. The number of nitrogen functional groups attached to an aromatic ring is 1. The Morgan fingerprint density at radius 2 is 2.07 bits per heavy atom. The van der Waals surface area contributed by atoms with Crippen molar-refractivity contribution in [3.63, 3.8) is 0 Å². The van der Waals surface area contributed by atoms with Crippen molar-refractivity contribution < 1.29 is 0 Å². The number of anilines is 1. The normalized spacial score (nSPS) is 29.9. The van der Waals surface area contributed by atoms with E-state index in [4.69, 9.17) is 5.73 Å². The Labute approximate surface area is 91.1 Å². The molecule has 2 fully saturated rings. The van der Waals surface area contributed by atoms with Crippen molar-refractivity contribution in [2.75, 3.05) is 12.3 Å². The van der Waals surface area contributed by atoms with Gasteiger partial charge in [-0.05, 0) is 49.4 Å². The molecule has 2 nitrogen and oxygen atoms in total. The maximum atomic E-state index is 5.68. The highest BCUT2D eigenvalue weighted by atomic mass is 15.2. The molecule has 1 saturated carbocycles. The van der Waals surface area contributed by atoms with Gasteiger partial charge >= 0.3 is 0 Å². The Kier molecular flexibility index (Phi) is 2.17. The maximum absolute atomic E-state index is 5.68. The number of benzene rings is 1. The van der Waals surface area contributed by atoms with Crippen LogP contribution in [0.2, 0.25) is 0 Å². The fourth-order valence-corrected chi connectivity index (χ4v) is 2.77. The number of nitrogens with two attached hydrogens (primary N) is 1. The quantitative estimate of drug-likeness (QED) is 0.745. The topological polar surface area (TPSA) is 29.3 Å². The summed E-state index contributed by atoms with van der Waals surface area (Å²) in [6.07, 6.45) is 4.29. The third kappa shape index (κ3) is 1.86. The van der Waals surface area contributed by atoms with Gasteiger partial charge in [0.25, 0.3) is 0 Å². The Morgan fingerprint density at radius 1 is 1.27 bits per heavy atom. The van der Waals surface area contributed by atoms with Gasteiger partial charge in [-0.2, -0.15) is 0 Å². The fourth-order valence-electron chi connectivity index (χ4n) is 2.77. The lowest BCUT2D eigenvalue weighted by Crippen LogP contribution is -2.31. The lowest BCUT2D eigenvalue weighted by Gasteiger charge is -2.26. The lowest BCUT2D eigenvalue weighted by molar-refractivity contribution is 0.207. The smallest absolute Gasteiger partial charge is 0.0314 e. The summed E-state index contributed by atoms with van der Waals surface area (Å²) in [5.41, 5.74) is 7.94. The molecule has 80 valence electrons. The summed E-state index contributed by atoms with van der Waals surface area (Å²) in [4.78, 5) is 2.64. The molecule has 0 bridgehead atoms. The molecule has 1 heterocycles. The SMILES string of the molecule is Nc1ccc(CN2CCCC3CC32)cc1. The molecule has 1 aromatic carbocycles. The van der Waals surface area contributed by atoms with Crippen molar-refractivity contribution in [2.24, 2.45) is 5.92 Å². The third-order valence-electron chi connectivity index (χ3n) is 3.74. The summed E-state index contributed by atoms with van der Waals surface area (Å²) in [6.45, 7) is 2.40. The van der Waals surface area contributed by atoms with Gasteiger partial charge in [-0.25, -0.2) is 0 Å². The number of fused-ring (bicyclic) bond motifs is 1. The van der Waals surface area contributed by atoms with Crippen LogP contribution in [0, 0.1) is 5.92 Å². The predicted octanol–water partition coefficient (Wildman–Crippen LogP) is 2.25. The molecule has 0 aromatic heterocycles. The van der Waals surface area contributed by atoms with E-state index in [9.17, 15) is 0 Å². The predicted molar refractivity (Wildman–Crippen MR) is 62.4 cm³/mol. The number of piperidine rings is 1. The minimum atomic E-state index is 0.863. The Balaban J connectivity index is 1.67. The number of likely N-dealkylation sites (tertiary alicyclic amines) is 1. The first-order valence-corrected chi connectivity index (χ1v) is 5.91. The van der Waals surface area contributed by atoms with Crippen molar-refractivity contribution in [3.05, 3.63) is 29.8 Å². The molecule has 2 atom stereocenters. The van der Waals surface area contributed by atoms with Gasteiger partial charge < -0.3 is 5.73 Å². The van der Waals surface area contributed by atoms with E-state index in [-0.39, 0.29) is 0 Å². The molecule has 2 heteroatoms. The second-order valence-electron chi connectivity index (χ2n) is 4.92. The van der Waals surface area contributed by atoms with E-state index in [0.29, 0.717) is 0 Å². The van der Waals surface area contributed by atoms with Crippen LogP contribution in [0.1, 0.15) is 24.8 Å². The van der Waals surface area contributed by atoms with E-state index in [1.807, 2.05) is 12.1 Å². The van der Waals surface area contributed by atoms with Gasteiger partial charge in [-0.15, -0.1) is 0 Å². The van der Waals surface area contributed by atoms with Crippen LogP contribution in [-0.2, 0) is 6.54 Å². The Morgan fingerprint density at radius 3 is 2.87 bits per heavy atom. The summed E-state index contributed by atoms with van der Waals surface area (Å²) in [5.74, 6) is 1.02. The second-order valence-corrected chi connectivity index (χ2v) is 4.92. The molecule has 1 aliphatic carbocycles. The number of hydrogen-bond acceptors (Lipinski definition) is 2. The molecule has 0 spiro atoms. The van der Waals surface area contributed by atoms with Crippen LogP contribution in [0.15, 0.2) is 24.3 Å². The lowest BCUT2D eigenvalue weighted by atomic mass is 10.1. The molecule has 3 rings (SSSR count). The van der Waals surface area contributed by atoms with Crippen LogP contribution < -0.4 is 5.73 Å². The molecular weight excluding hydrogens is 184 g/mol. The van der Waals surface area contributed by atoms with E-state index >= 15 is 0 Å². The van der Waals surface area contributed by atoms with Gasteiger partial charge in [0.2, 0.25) is 0 Å². The monoisotopic (exact) mass is 202 g/mol. The number of rotatable bonds is 2. The average Bonchev–Trinajstić information content (AvgIpc) is 3.01. The molecule has 15 heavy (non-hydrogen) atoms. The standard InChI is InChI=1S/C13H18N2/c14-12-5-3-10(4-6-12)9-15-7-1-2-11-8-13(11)15/h3-6,11,13H,1-2,7-9,14H2. The van der Waals surface area contributed by atoms with E-state index in [1.54, 1.807) is 0 Å². The molecule has 2 unspecified atom stereocenters. The van der Waals surface area contributed by atoms with Gasteiger partial charge in [0.05, 0.1) is 0 Å². The van der Waals surface area contributed by atoms with Crippen LogP contribution in [0.5, 0.6) is 0 Å². The van der Waals surface area contributed by atoms with Gasteiger partial charge in [0.15, 0.2) is 0 Å². The first kappa shape index (κ1) is 9.22. The summed E-state index contributed by atoms with van der Waals surface area (Å²) in [7, 11) is 0. The van der Waals surface area contributed by atoms with Crippen LogP contribution in [0.25, 0.3) is 0 Å². The summed E-state index contributed by atoms with van der Waals surface area (Å²) >= 11 is 0. The van der Waals surface area contributed by atoms with Crippen molar-refractivity contribution >= 4 is 5.69 Å². The Hall–Kier alpha value is -1.02. The second kappa shape index (κ2) is 3.53. The van der Waals surface area contributed by atoms with Crippen LogP contribution in [-0.4, -0.2) is 17.5 Å². The highest BCUT2D eigenvalue weighted by Gasteiger charge is 2.43. The molecule has 0 amide bonds. The largest absolute Gasteiger partial charge is 0.399 e. The highest BCUT2D eigenvalue weighted by molar-refractivity contribution is 5.39. The minimum Gasteiger partial charge on any atom is -0.399 e. The molecule has 2 aliphatic rings. The highest BCUT2D eigenvalue weighted by Crippen LogP contribution is 2.43. The summed E-state index contributed by atoms with van der Waals surface area (Å²) in [6, 6.07) is 9.21. The van der Waals surface area contributed by atoms with Crippen LogP contribution in [0.3, 0.4) is 0 Å². The van der Waals surface area contributed by atoms with Gasteiger partial charge in [0, 0.05) is 18.3 Å². The maximum Gasteiger partial charge on any atom is 0.0314 e. The average molecular weight is 202 g/mol. The molecular formula is C13H18N2. The molecule has 1 aliphatic heterocycles. The molecule has 2 N–H and O–H groups in total. The van der Waals surface area contributed by atoms with Crippen molar-refractivity contribution in [2.45, 2.75) is 31.8 Å². The van der Waals surface area contributed by atoms with Gasteiger partial charge in [-0.3, -0.25) is 4.90 Å². The zero-order valence-electron chi connectivity index (χ0n) is 9.02.